The molecule has 0 aromatic heterocycles. The van der Waals surface area contributed by atoms with Crippen LogP contribution in [-0.2, 0) is 4.79 Å². The van der Waals surface area contributed by atoms with Gasteiger partial charge in [-0.2, -0.15) is 0 Å². The van der Waals surface area contributed by atoms with Gasteiger partial charge in [-0.1, -0.05) is 13.8 Å². The molecule has 0 saturated carbocycles. The van der Waals surface area contributed by atoms with Gasteiger partial charge in [-0.25, -0.2) is 0 Å². The molecule has 1 saturated heterocycles. The van der Waals surface area contributed by atoms with Crippen LogP contribution in [0.15, 0.2) is 0 Å². The van der Waals surface area contributed by atoms with Crippen molar-refractivity contribution in [3.63, 3.8) is 0 Å². The van der Waals surface area contributed by atoms with Crippen molar-refractivity contribution in [2.45, 2.75) is 52.1 Å². The lowest BCUT2D eigenvalue weighted by Crippen LogP contribution is -2.49. The van der Waals surface area contributed by atoms with E-state index in [1.807, 2.05) is 0 Å². The second-order valence-corrected chi connectivity index (χ2v) is 4.99. The summed E-state index contributed by atoms with van der Waals surface area (Å²) in [5.41, 5.74) is 0. The van der Waals surface area contributed by atoms with E-state index in [1.54, 1.807) is 0 Å². The van der Waals surface area contributed by atoms with Gasteiger partial charge < -0.3 is 10.0 Å². The van der Waals surface area contributed by atoms with Crippen molar-refractivity contribution in [1.82, 2.24) is 9.80 Å². The van der Waals surface area contributed by atoms with E-state index in [9.17, 15) is 4.79 Å². The first-order chi connectivity index (χ1) is 8.08. The number of aliphatic carboxylic acids is 1. The number of carboxylic acids is 1. The molecular formula is C13H26N2O2. The van der Waals surface area contributed by atoms with Gasteiger partial charge in [-0.15, -0.1) is 0 Å². The molecule has 4 nitrogen and oxygen atoms in total. The minimum absolute atomic E-state index is 0.186. The molecule has 0 aliphatic carbocycles. The molecule has 0 spiro atoms. The van der Waals surface area contributed by atoms with Crippen LogP contribution in [0.2, 0.25) is 0 Å². The van der Waals surface area contributed by atoms with Crippen LogP contribution in [0, 0.1) is 0 Å². The smallest absolute Gasteiger partial charge is 0.317 e. The van der Waals surface area contributed by atoms with Crippen molar-refractivity contribution in [2.75, 3.05) is 26.2 Å². The molecule has 1 heterocycles. The first kappa shape index (κ1) is 14.5. The van der Waals surface area contributed by atoms with Crippen LogP contribution in [0.1, 0.15) is 40.0 Å². The second kappa shape index (κ2) is 6.97. The van der Waals surface area contributed by atoms with Gasteiger partial charge in [0.15, 0.2) is 0 Å². The Hall–Kier alpha value is -0.610. The lowest BCUT2D eigenvalue weighted by Gasteiger charge is -2.40. The van der Waals surface area contributed by atoms with Gasteiger partial charge in [-0.05, 0) is 45.8 Å². The minimum Gasteiger partial charge on any atom is -0.480 e. The topological polar surface area (TPSA) is 43.8 Å². The highest BCUT2D eigenvalue weighted by molar-refractivity contribution is 5.69. The summed E-state index contributed by atoms with van der Waals surface area (Å²) in [4.78, 5) is 15.6. The average Bonchev–Trinajstić information content (AvgIpc) is 2.35. The Morgan fingerprint density at radius 3 is 2.41 bits per heavy atom. The monoisotopic (exact) mass is 242 g/mol. The maximum atomic E-state index is 10.9. The largest absolute Gasteiger partial charge is 0.480 e. The van der Waals surface area contributed by atoms with Crippen molar-refractivity contribution in [1.29, 1.82) is 0 Å². The number of likely N-dealkylation sites (tertiary alicyclic amines) is 1. The second-order valence-electron chi connectivity index (χ2n) is 4.99. The Morgan fingerprint density at radius 1 is 1.41 bits per heavy atom. The van der Waals surface area contributed by atoms with E-state index < -0.39 is 5.97 Å². The van der Waals surface area contributed by atoms with Gasteiger partial charge in [-0.3, -0.25) is 9.69 Å². The number of nitrogens with zero attached hydrogens (tertiary/aromatic N) is 2. The third-order valence-electron chi connectivity index (χ3n) is 3.95. The van der Waals surface area contributed by atoms with Crippen LogP contribution in [0.3, 0.4) is 0 Å². The zero-order chi connectivity index (χ0) is 12.8. The average molecular weight is 242 g/mol. The number of piperidine rings is 1. The molecule has 4 heteroatoms. The van der Waals surface area contributed by atoms with Crippen LogP contribution in [0.4, 0.5) is 0 Å². The lowest BCUT2D eigenvalue weighted by molar-refractivity contribution is -0.140. The number of hydrogen-bond acceptors (Lipinski definition) is 3. The Kier molecular flexibility index (Phi) is 5.92. The lowest BCUT2D eigenvalue weighted by atomic mass is 10.0. The summed E-state index contributed by atoms with van der Waals surface area (Å²) in [6.45, 7) is 9.95. The Balaban J connectivity index is 2.55. The standard InChI is InChI=1S/C13H26N2O2/c1-4-11(3)15(10-13(16)17)12-6-8-14(5-2)9-7-12/h11-12H,4-10H2,1-3H3,(H,16,17). The van der Waals surface area contributed by atoms with E-state index >= 15 is 0 Å². The summed E-state index contributed by atoms with van der Waals surface area (Å²) in [7, 11) is 0. The summed E-state index contributed by atoms with van der Waals surface area (Å²) >= 11 is 0. The molecule has 1 aliphatic heterocycles. The zero-order valence-corrected chi connectivity index (χ0v) is 11.4. The SMILES string of the molecule is CCC(C)N(CC(=O)O)C1CCN(CC)CC1. The third kappa shape index (κ3) is 4.28. The van der Waals surface area contributed by atoms with Crippen LogP contribution in [-0.4, -0.2) is 59.1 Å². The fourth-order valence-electron chi connectivity index (χ4n) is 2.60. The Bertz CT molecular complexity index is 238. The van der Waals surface area contributed by atoms with Crippen molar-refractivity contribution < 1.29 is 9.90 Å². The highest BCUT2D eigenvalue weighted by Crippen LogP contribution is 2.19. The molecule has 0 aromatic rings. The molecule has 100 valence electrons. The van der Waals surface area contributed by atoms with E-state index in [2.05, 4.69) is 30.6 Å². The first-order valence-electron chi connectivity index (χ1n) is 6.78. The summed E-state index contributed by atoms with van der Waals surface area (Å²) in [6, 6.07) is 0.813. The number of rotatable bonds is 6. The number of carboxylic acid groups (broad SMARTS) is 1. The van der Waals surface area contributed by atoms with E-state index in [-0.39, 0.29) is 6.54 Å². The minimum atomic E-state index is -0.705. The maximum absolute atomic E-state index is 10.9. The molecule has 1 atom stereocenters. The van der Waals surface area contributed by atoms with Crippen molar-refractivity contribution in [2.24, 2.45) is 0 Å². The molecule has 1 rings (SSSR count). The predicted molar refractivity (Wildman–Crippen MR) is 69.2 cm³/mol. The molecule has 0 radical (unpaired) electrons. The molecule has 1 N–H and O–H groups in total. The van der Waals surface area contributed by atoms with E-state index in [1.165, 1.54) is 0 Å². The van der Waals surface area contributed by atoms with Crippen LogP contribution < -0.4 is 0 Å². The predicted octanol–water partition coefficient (Wildman–Crippen LogP) is 1.66. The fourth-order valence-corrected chi connectivity index (χ4v) is 2.60. The molecule has 1 aliphatic rings. The quantitative estimate of drug-likeness (QED) is 0.769. The van der Waals surface area contributed by atoms with Gasteiger partial charge in [0.25, 0.3) is 0 Å². The molecule has 17 heavy (non-hydrogen) atoms. The molecule has 1 unspecified atom stereocenters. The summed E-state index contributed by atoms with van der Waals surface area (Å²) in [5, 5.41) is 9.01. The molecule has 0 bridgehead atoms. The maximum Gasteiger partial charge on any atom is 0.317 e. The molecule has 0 amide bonds. The summed E-state index contributed by atoms with van der Waals surface area (Å²) in [6.07, 6.45) is 3.22. The normalized spacial score (nSPS) is 20.7. The highest BCUT2D eigenvalue weighted by Gasteiger charge is 2.27. The number of hydrogen-bond donors (Lipinski definition) is 1. The number of carbonyl (C=O) groups is 1. The zero-order valence-electron chi connectivity index (χ0n) is 11.4. The van der Waals surface area contributed by atoms with Crippen LogP contribution in [0.5, 0.6) is 0 Å². The summed E-state index contributed by atoms with van der Waals surface area (Å²) in [5.74, 6) is -0.705. The Morgan fingerprint density at radius 2 is 2.00 bits per heavy atom. The highest BCUT2D eigenvalue weighted by atomic mass is 16.4. The summed E-state index contributed by atoms with van der Waals surface area (Å²) < 4.78 is 0. The van der Waals surface area contributed by atoms with Gasteiger partial charge in [0.05, 0.1) is 6.54 Å². The molecule has 1 fully saturated rings. The first-order valence-corrected chi connectivity index (χ1v) is 6.78. The van der Waals surface area contributed by atoms with Gasteiger partial charge in [0.2, 0.25) is 0 Å². The van der Waals surface area contributed by atoms with Gasteiger partial charge in [0.1, 0.15) is 0 Å². The van der Waals surface area contributed by atoms with Crippen LogP contribution in [0.25, 0.3) is 0 Å². The van der Waals surface area contributed by atoms with Crippen molar-refractivity contribution >= 4 is 5.97 Å². The van der Waals surface area contributed by atoms with Gasteiger partial charge >= 0.3 is 5.97 Å². The van der Waals surface area contributed by atoms with Crippen LogP contribution >= 0.6 is 0 Å². The van der Waals surface area contributed by atoms with Crippen molar-refractivity contribution in [3.8, 4) is 0 Å². The van der Waals surface area contributed by atoms with Gasteiger partial charge in [0, 0.05) is 12.1 Å². The van der Waals surface area contributed by atoms with E-state index in [0.29, 0.717) is 12.1 Å². The third-order valence-corrected chi connectivity index (χ3v) is 3.95. The van der Waals surface area contributed by atoms with E-state index in [4.69, 9.17) is 5.11 Å². The fraction of sp³-hybridized carbons (Fsp3) is 0.923. The Labute approximate surface area is 105 Å². The van der Waals surface area contributed by atoms with Crippen molar-refractivity contribution in [3.05, 3.63) is 0 Å². The molecule has 0 aromatic carbocycles. The van der Waals surface area contributed by atoms with E-state index in [0.717, 1.165) is 38.9 Å². The molecular weight excluding hydrogens is 216 g/mol.